The summed E-state index contributed by atoms with van der Waals surface area (Å²) in [4.78, 5) is 25.8. The van der Waals surface area contributed by atoms with Gasteiger partial charge < -0.3 is 9.47 Å². The van der Waals surface area contributed by atoms with Crippen LogP contribution in [0.4, 0.5) is 0 Å². The Kier molecular flexibility index (Phi) is 6.69. The topological polar surface area (TPSA) is 82.1 Å². The maximum atomic E-state index is 11.1. The van der Waals surface area contributed by atoms with E-state index in [1.165, 1.54) is 14.2 Å². The number of carbonyl (C=O) groups excluding carboxylic acids is 2. The minimum Gasteiger partial charge on any atom is -0.469 e. The fourth-order valence-corrected chi connectivity index (χ4v) is 0.949. The van der Waals surface area contributed by atoms with Gasteiger partial charge in [0.05, 0.1) is 33.2 Å². The van der Waals surface area contributed by atoms with Gasteiger partial charge in [0.2, 0.25) is 0 Å². The summed E-state index contributed by atoms with van der Waals surface area (Å²) >= 11 is 0. The molecule has 0 saturated heterocycles. The van der Waals surface area contributed by atoms with Crippen molar-refractivity contribution >= 4 is 11.9 Å². The standard InChI is InChI=1S/C8H14O6/c1-12-7(9)5-6(3-4-14-11)8(10)13-2/h6,11H,3-5H2,1-2H3. The molecule has 0 spiro atoms. The van der Waals surface area contributed by atoms with Crippen LogP contribution in [-0.2, 0) is 24.0 Å². The number of hydrogen-bond donors (Lipinski definition) is 1. The van der Waals surface area contributed by atoms with Gasteiger partial charge in [-0.25, -0.2) is 4.89 Å². The van der Waals surface area contributed by atoms with E-state index in [4.69, 9.17) is 5.26 Å². The molecule has 14 heavy (non-hydrogen) atoms. The number of esters is 2. The number of hydrogen-bond acceptors (Lipinski definition) is 6. The summed E-state index contributed by atoms with van der Waals surface area (Å²) in [6.07, 6.45) is 0.130. The zero-order chi connectivity index (χ0) is 11.0. The molecule has 0 aliphatic heterocycles. The van der Waals surface area contributed by atoms with E-state index in [9.17, 15) is 9.59 Å². The Morgan fingerprint density at radius 1 is 1.29 bits per heavy atom. The highest BCUT2D eigenvalue weighted by molar-refractivity contribution is 5.79. The van der Waals surface area contributed by atoms with Gasteiger partial charge in [0.1, 0.15) is 0 Å². The van der Waals surface area contributed by atoms with Crippen LogP contribution in [0.2, 0.25) is 0 Å². The highest BCUT2D eigenvalue weighted by Gasteiger charge is 2.22. The highest BCUT2D eigenvalue weighted by atomic mass is 17.1. The molecule has 0 aromatic carbocycles. The van der Waals surface area contributed by atoms with Crippen LogP contribution in [0.5, 0.6) is 0 Å². The van der Waals surface area contributed by atoms with Gasteiger partial charge in [-0.05, 0) is 6.42 Å². The molecule has 0 aromatic heterocycles. The Morgan fingerprint density at radius 2 is 1.93 bits per heavy atom. The fraction of sp³-hybridized carbons (Fsp3) is 0.750. The molecule has 0 aliphatic carbocycles. The first-order chi connectivity index (χ1) is 6.65. The van der Waals surface area contributed by atoms with Gasteiger partial charge in [-0.15, -0.1) is 0 Å². The average molecular weight is 206 g/mol. The molecule has 1 atom stereocenters. The molecule has 1 unspecified atom stereocenters. The van der Waals surface area contributed by atoms with Crippen LogP contribution >= 0.6 is 0 Å². The van der Waals surface area contributed by atoms with Crippen molar-refractivity contribution in [2.24, 2.45) is 5.92 Å². The molecule has 6 nitrogen and oxygen atoms in total. The molecule has 0 heterocycles. The van der Waals surface area contributed by atoms with Crippen molar-refractivity contribution in [3.8, 4) is 0 Å². The molecule has 0 bridgehead atoms. The minimum atomic E-state index is -0.639. The van der Waals surface area contributed by atoms with Crippen molar-refractivity contribution in [1.82, 2.24) is 0 Å². The van der Waals surface area contributed by atoms with Crippen molar-refractivity contribution in [2.45, 2.75) is 12.8 Å². The largest absolute Gasteiger partial charge is 0.469 e. The van der Waals surface area contributed by atoms with Gasteiger partial charge in [0, 0.05) is 0 Å². The van der Waals surface area contributed by atoms with Crippen LogP contribution in [0, 0.1) is 5.92 Å². The number of methoxy groups -OCH3 is 2. The van der Waals surface area contributed by atoms with E-state index in [0.717, 1.165) is 0 Å². The summed E-state index contributed by atoms with van der Waals surface area (Å²) in [5.41, 5.74) is 0. The third-order valence-corrected chi connectivity index (χ3v) is 1.73. The van der Waals surface area contributed by atoms with Crippen LogP contribution < -0.4 is 0 Å². The van der Waals surface area contributed by atoms with Crippen molar-refractivity contribution in [2.75, 3.05) is 20.8 Å². The lowest BCUT2D eigenvalue weighted by atomic mass is 10.0. The molecule has 0 fully saturated rings. The lowest BCUT2D eigenvalue weighted by molar-refractivity contribution is -0.244. The van der Waals surface area contributed by atoms with Crippen LogP contribution in [0.1, 0.15) is 12.8 Å². The minimum absolute atomic E-state index is 0.0310. The first-order valence-electron chi connectivity index (χ1n) is 4.06. The Bertz CT molecular complexity index is 190. The zero-order valence-corrected chi connectivity index (χ0v) is 8.19. The average Bonchev–Trinajstić information content (AvgIpc) is 2.22. The summed E-state index contributed by atoms with van der Waals surface area (Å²) in [5.74, 6) is -1.66. The maximum Gasteiger partial charge on any atom is 0.309 e. The van der Waals surface area contributed by atoms with Gasteiger partial charge in [-0.3, -0.25) is 14.8 Å². The van der Waals surface area contributed by atoms with Crippen LogP contribution in [0.15, 0.2) is 0 Å². The molecular weight excluding hydrogens is 192 g/mol. The summed E-state index contributed by atoms with van der Waals surface area (Å²) in [5, 5.41) is 8.09. The molecule has 0 amide bonds. The van der Waals surface area contributed by atoms with Crippen LogP contribution in [0.25, 0.3) is 0 Å². The SMILES string of the molecule is COC(=O)CC(CCOO)C(=O)OC. The summed E-state index contributed by atoms with van der Waals surface area (Å²) in [6, 6.07) is 0. The normalized spacial score (nSPS) is 11.9. The van der Waals surface area contributed by atoms with Crippen molar-refractivity contribution < 1.29 is 29.2 Å². The molecule has 0 aliphatic rings. The second kappa shape index (κ2) is 7.28. The molecule has 82 valence electrons. The molecule has 0 saturated carbocycles. The fourth-order valence-electron chi connectivity index (χ4n) is 0.949. The first-order valence-corrected chi connectivity index (χ1v) is 4.06. The molecule has 0 radical (unpaired) electrons. The Labute approximate surface area is 81.7 Å². The lowest BCUT2D eigenvalue weighted by Crippen LogP contribution is -2.22. The van der Waals surface area contributed by atoms with E-state index < -0.39 is 17.9 Å². The van der Waals surface area contributed by atoms with Crippen LogP contribution in [-0.4, -0.2) is 38.0 Å². The highest BCUT2D eigenvalue weighted by Crippen LogP contribution is 2.11. The second-order valence-electron chi connectivity index (χ2n) is 2.62. The monoisotopic (exact) mass is 206 g/mol. The summed E-state index contributed by atoms with van der Waals surface area (Å²) in [6.45, 7) is -0.0310. The van der Waals surface area contributed by atoms with E-state index in [2.05, 4.69) is 14.4 Å². The van der Waals surface area contributed by atoms with Gasteiger partial charge in [-0.1, -0.05) is 0 Å². The van der Waals surface area contributed by atoms with Gasteiger partial charge in [0.25, 0.3) is 0 Å². The van der Waals surface area contributed by atoms with Gasteiger partial charge in [-0.2, -0.15) is 0 Å². The third-order valence-electron chi connectivity index (χ3n) is 1.73. The Balaban J connectivity index is 4.09. The van der Waals surface area contributed by atoms with E-state index in [-0.39, 0.29) is 19.4 Å². The van der Waals surface area contributed by atoms with E-state index in [1.807, 2.05) is 0 Å². The van der Waals surface area contributed by atoms with E-state index in [0.29, 0.717) is 0 Å². The summed E-state index contributed by atoms with van der Waals surface area (Å²) in [7, 11) is 2.46. The molecule has 6 heteroatoms. The van der Waals surface area contributed by atoms with E-state index >= 15 is 0 Å². The molecule has 0 rings (SSSR count). The van der Waals surface area contributed by atoms with Crippen molar-refractivity contribution in [3.63, 3.8) is 0 Å². The lowest BCUT2D eigenvalue weighted by Gasteiger charge is -2.11. The van der Waals surface area contributed by atoms with Gasteiger partial charge >= 0.3 is 11.9 Å². The third kappa shape index (κ3) is 4.78. The second-order valence-corrected chi connectivity index (χ2v) is 2.62. The predicted molar refractivity (Wildman–Crippen MR) is 45.3 cm³/mol. The summed E-state index contributed by atoms with van der Waals surface area (Å²) < 4.78 is 8.88. The smallest absolute Gasteiger partial charge is 0.309 e. The van der Waals surface area contributed by atoms with Gasteiger partial charge in [0.15, 0.2) is 0 Å². The zero-order valence-electron chi connectivity index (χ0n) is 8.19. The maximum absolute atomic E-state index is 11.1. The number of rotatable bonds is 6. The van der Waals surface area contributed by atoms with E-state index in [1.54, 1.807) is 0 Å². The number of ether oxygens (including phenoxy) is 2. The Hall–Kier alpha value is -1.14. The molecular formula is C8H14O6. The first kappa shape index (κ1) is 12.9. The predicted octanol–water partition coefficient (Wildman–Crippen LogP) is 0.218. The van der Waals surface area contributed by atoms with Crippen LogP contribution in [0.3, 0.4) is 0 Å². The Morgan fingerprint density at radius 3 is 2.36 bits per heavy atom. The quantitative estimate of drug-likeness (QED) is 0.380. The van der Waals surface area contributed by atoms with Crippen molar-refractivity contribution in [1.29, 1.82) is 0 Å². The van der Waals surface area contributed by atoms with Crippen molar-refractivity contribution in [3.05, 3.63) is 0 Å². The molecule has 1 N–H and O–H groups in total. The molecule has 0 aromatic rings. The number of carbonyl (C=O) groups is 2.